The van der Waals surface area contributed by atoms with E-state index < -0.39 is 0 Å². The van der Waals surface area contributed by atoms with Crippen LogP contribution in [-0.4, -0.2) is 39.7 Å². The van der Waals surface area contributed by atoms with E-state index >= 15 is 0 Å². The maximum Gasteiger partial charge on any atom is -0.189 e. The molecule has 14 heavy (non-hydrogen) atoms. The molecule has 1 unspecified atom stereocenters. The molecule has 0 aromatic carbocycles. The number of hydrogen-bond donors (Lipinski definition) is 1. The van der Waals surface area contributed by atoms with Gasteiger partial charge in [0, 0.05) is 0 Å². The van der Waals surface area contributed by atoms with E-state index in [4.69, 9.17) is 5.73 Å². The molecular weight excluding hydrogens is 317 g/mol. The van der Waals surface area contributed by atoms with Crippen LogP contribution in [0.3, 0.4) is 0 Å². The van der Waals surface area contributed by atoms with Gasteiger partial charge >= 0.3 is 74.9 Å². The minimum absolute atomic E-state index is 0.100. The summed E-state index contributed by atoms with van der Waals surface area (Å²) >= 11 is 8.27. The summed E-state index contributed by atoms with van der Waals surface area (Å²) in [5, 5.41) is 0. The molecule has 0 aliphatic carbocycles. The van der Waals surface area contributed by atoms with Crippen LogP contribution in [0.5, 0.6) is 0 Å². The molecule has 0 amide bonds. The van der Waals surface area contributed by atoms with E-state index in [1.54, 1.807) is 16.9 Å². The molecule has 4 heteroatoms. The van der Waals surface area contributed by atoms with E-state index in [-0.39, 0.29) is 21.1 Å². The zero-order valence-electron chi connectivity index (χ0n) is 10.0. The predicted octanol–water partition coefficient (Wildman–Crippen LogP) is 2.39. The zero-order valence-corrected chi connectivity index (χ0v) is 14.5. The minimum Gasteiger partial charge on any atom is -0.796 e. The van der Waals surface area contributed by atoms with Gasteiger partial charge in [-0.05, 0) is 0 Å². The summed E-state index contributed by atoms with van der Waals surface area (Å²) in [6.45, 7) is 4.41. The number of hydrogen-bond acceptors (Lipinski definition) is 3. The van der Waals surface area contributed by atoms with Gasteiger partial charge in [0.05, 0.1) is 0 Å². The Morgan fingerprint density at radius 1 is 1.14 bits per heavy atom. The van der Waals surface area contributed by atoms with E-state index in [2.05, 4.69) is 39.1 Å². The first-order valence-electron chi connectivity index (χ1n) is 5.05. The molecule has 0 saturated heterocycles. The Morgan fingerprint density at radius 3 is 2.00 bits per heavy atom. The molecule has 0 bridgehead atoms. The monoisotopic (exact) mass is 343 g/mol. The van der Waals surface area contributed by atoms with Gasteiger partial charge in [-0.15, -0.1) is 0 Å². The van der Waals surface area contributed by atoms with Gasteiger partial charge in [0.25, 0.3) is 0 Å². The van der Waals surface area contributed by atoms with Gasteiger partial charge in [-0.3, -0.25) is 0 Å². The summed E-state index contributed by atoms with van der Waals surface area (Å²) in [4.78, 5) is 0. The van der Waals surface area contributed by atoms with Crippen LogP contribution >= 0.6 is 0 Å². The standard InChI is InChI=1S/C6H14N.C2H5.2CH4S.Sn/c1-3-4-5-6(2)7;3*1-2;/h6H,1,3-5,7H2,2H3;1H2,2H3;2*2H,1H3;/q;;;;+2/p-2. The predicted molar refractivity (Wildman–Crippen MR) is 75.1 cm³/mol. The van der Waals surface area contributed by atoms with Crippen LogP contribution in [0.2, 0.25) is 8.87 Å². The van der Waals surface area contributed by atoms with E-state index in [1.807, 2.05) is 0 Å². The number of unbranched alkanes of at least 4 members (excludes halogenated alkanes) is 1. The van der Waals surface area contributed by atoms with Gasteiger partial charge in [-0.25, -0.2) is 0 Å². The van der Waals surface area contributed by atoms with Crippen LogP contribution in [-0.2, 0) is 25.3 Å². The average molecular weight is 342 g/mol. The first kappa shape index (κ1) is 20.8. The fourth-order valence-corrected chi connectivity index (χ4v) is 3.33. The van der Waals surface area contributed by atoms with Crippen LogP contribution in [0.15, 0.2) is 0 Å². The third kappa shape index (κ3) is 29.2. The van der Waals surface area contributed by atoms with E-state index in [9.17, 15) is 0 Å². The molecule has 0 aliphatic heterocycles. The van der Waals surface area contributed by atoms with Crippen LogP contribution in [0.4, 0.5) is 0 Å². The Bertz CT molecular complexity index is 73.1. The molecule has 1 nitrogen and oxygen atoms in total. The van der Waals surface area contributed by atoms with E-state index in [0.717, 1.165) is 0 Å². The quantitative estimate of drug-likeness (QED) is 0.456. The fourth-order valence-electron chi connectivity index (χ4n) is 0.893. The van der Waals surface area contributed by atoms with Crippen molar-refractivity contribution in [1.29, 1.82) is 0 Å². The third-order valence-corrected chi connectivity index (χ3v) is 4.96. The summed E-state index contributed by atoms with van der Waals surface area (Å²) in [5.74, 6) is 0. The van der Waals surface area contributed by atoms with Crippen LogP contribution in [0.1, 0.15) is 33.1 Å². The number of nitrogens with two attached hydrogens (primary N) is 1. The summed E-state index contributed by atoms with van der Waals surface area (Å²) in [6, 6.07) is 0.423. The number of rotatable bonds is 6. The molecule has 0 aromatic heterocycles. The van der Waals surface area contributed by atoms with Gasteiger partial charge in [-0.1, -0.05) is 0 Å². The molecule has 0 aliphatic rings. The molecule has 0 spiro atoms. The Kier molecular flexibility index (Phi) is 35.6. The van der Waals surface area contributed by atoms with E-state index in [0.29, 0.717) is 6.04 Å². The van der Waals surface area contributed by atoms with Crippen molar-refractivity contribution in [2.75, 3.05) is 12.5 Å². The van der Waals surface area contributed by atoms with E-state index in [1.165, 1.54) is 23.7 Å². The first-order valence-corrected chi connectivity index (χ1v) is 10.7. The zero-order chi connectivity index (χ0) is 11.8. The van der Waals surface area contributed by atoms with Crippen molar-refractivity contribution in [2.24, 2.45) is 5.73 Å². The van der Waals surface area contributed by atoms with Crippen molar-refractivity contribution >= 4 is 46.4 Å². The van der Waals surface area contributed by atoms with Gasteiger partial charge in [-0.2, -0.15) is 12.5 Å². The second kappa shape index (κ2) is 23.9. The largest absolute Gasteiger partial charge is 0.796 e. The average Bonchev–Trinajstić information content (AvgIpc) is 2.23. The molecule has 0 aromatic rings. The van der Waals surface area contributed by atoms with Crippen LogP contribution in [0, 0.1) is 0 Å². The van der Waals surface area contributed by atoms with Crippen molar-refractivity contribution < 1.29 is 0 Å². The normalized spacial score (nSPS) is 9.93. The molecule has 0 radical (unpaired) electrons. The summed E-state index contributed by atoms with van der Waals surface area (Å²) in [7, 11) is 0. The fraction of sp³-hybridized carbons (Fsp3) is 1.00. The molecular formula is C10H25NS2Sn. The maximum atomic E-state index is 5.62. The topological polar surface area (TPSA) is 26.0 Å². The SMILES string of the molecule is C[CH2][Sn+2][CH2]CCCC(C)N.C[S-].C[S-]. The summed E-state index contributed by atoms with van der Waals surface area (Å²) in [5.41, 5.74) is 5.62. The van der Waals surface area contributed by atoms with Crippen molar-refractivity contribution in [3.8, 4) is 0 Å². The van der Waals surface area contributed by atoms with Crippen LogP contribution < -0.4 is 5.73 Å². The Balaban J connectivity index is -0.000000266. The van der Waals surface area contributed by atoms with Gasteiger partial charge in [0.2, 0.25) is 0 Å². The Hall–Kier alpha value is 1.46. The van der Waals surface area contributed by atoms with Crippen molar-refractivity contribution in [2.45, 2.75) is 48.0 Å². The molecule has 86 valence electrons. The second-order valence-corrected chi connectivity index (χ2v) is 7.70. The molecule has 0 saturated carbocycles. The maximum absolute atomic E-state index is 5.62. The van der Waals surface area contributed by atoms with Gasteiger partial charge in [0.15, 0.2) is 0 Å². The smallest absolute Gasteiger partial charge is 0.189 e. The molecule has 0 heterocycles. The van der Waals surface area contributed by atoms with Crippen molar-refractivity contribution in [3.05, 3.63) is 0 Å². The summed E-state index contributed by atoms with van der Waals surface area (Å²) in [6.07, 6.45) is 7.20. The molecule has 0 fully saturated rings. The summed E-state index contributed by atoms with van der Waals surface area (Å²) < 4.78 is 3.06. The van der Waals surface area contributed by atoms with Gasteiger partial charge < -0.3 is 25.3 Å². The molecule has 2 N–H and O–H groups in total. The minimum atomic E-state index is 0.100. The molecule has 1 atom stereocenters. The Morgan fingerprint density at radius 2 is 1.64 bits per heavy atom. The first-order chi connectivity index (χ1) is 6.77. The Labute approximate surface area is 112 Å². The van der Waals surface area contributed by atoms with Crippen molar-refractivity contribution in [3.63, 3.8) is 0 Å². The second-order valence-electron chi connectivity index (χ2n) is 2.83. The van der Waals surface area contributed by atoms with Crippen LogP contribution in [0.25, 0.3) is 0 Å². The third-order valence-electron chi connectivity index (χ3n) is 1.51. The molecule has 0 rings (SSSR count). The van der Waals surface area contributed by atoms with Gasteiger partial charge in [0.1, 0.15) is 0 Å². The van der Waals surface area contributed by atoms with Crippen molar-refractivity contribution in [1.82, 2.24) is 0 Å².